The third kappa shape index (κ3) is 5.60. The van der Waals surface area contributed by atoms with Crippen molar-refractivity contribution < 1.29 is 9.47 Å². The van der Waals surface area contributed by atoms with Crippen molar-refractivity contribution in [3.8, 4) is 6.01 Å². The number of rotatable bonds is 8. The summed E-state index contributed by atoms with van der Waals surface area (Å²) in [6.45, 7) is 7.51. The van der Waals surface area contributed by atoms with E-state index >= 15 is 0 Å². The number of aromatic nitrogens is 5. The van der Waals surface area contributed by atoms with Gasteiger partial charge < -0.3 is 19.4 Å². The van der Waals surface area contributed by atoms with Crippen LogP contribution >= 0.6 is 0 Å². The molecular weight excluding hydrogens is 444 g/mol. The first-order valence-corrected chi connectivity index (χ1v) is 11.7. The highest BCUT2D eigenvalue weighted by molar-refractivity contribution is 5.86. The Hall–Kier alpha value is -3.92. The van der Waals surface area contributed by atoms with Crippen molar-refractivity contribution >= 4 is 22.5 Å². The van der Waals surface area contributed by atoms with Crippen LogP contribution in [-0.2, 0) is 17.7 Å². The number of aromatic amines is 1. The van der Waals surface area contributed by atoms with Gasteiger partial charge in [0.2, 0.25) is 5.95 Å². The van der Waals surface area contributed by atoms with E-state index in [0.29, 0.717) is 51.1 Å². The van der Waals surface area contributed by atoms with Crippen molar-refractivity contribution in [2.24, 2.45) is 10.2 Å². The molecule has 1 N–H and O–H groups in total. The van der Waals surface area contributed by atoms with Crippen LogP contribution in [0.4, 0.5) is 11.6 Å². The van der Waals surface area contributed by atoms with Crippen LogP contribution in [-0.4, -0.2) is 57.8 Å². The van der Waals surface area contributed by atoms with E-state index in [4.69, 9.17) is 9.47 Å². The molecule has 3 aromatic heterocycles. The summed E-state index contributed by atoms with van der Waals surface area (Å²) >= 11 is 0. The molecule has 0 aliphatic carbocycles. The minimum Gasteiger partial charge on any atom is -0.463 e. The quantitative estimate of drug-likeness (QED) is 0.384. The molecule has 4 heterocycles. The van der Waals surface area contributed by atoms with E-state index in [0.717, 1.165) is 28.0 Å². The van der Waals surface area contributed by atoms with E-state index in [2.05, 4.69) is 53.9 Å². The Balaban J connectivity index is 1.31. The van der Waals surface area contributed by atoms with E-state index in [1.807, 2.05) is 36.4 Å². The molecule has 0 atom stereocenters. The maximum atomic E-state index is 5.87. The van der Waals surface area contributed by atoms with Gasteiger partial charge in [0.1, 0.15) is 6.54 Å². The number of anilines is 1. The molecule has 10 nitrogen and oxygen atoms in total. The molecule has 1 saturated heterocycles. The normalized spacial score (nSPS) is 14.2. The van der Waals surface area contributed by atoms with Gasteiger partial charge >= 0.3 is 6.01 Å². The van der Waals surface area contributed by atoms with E-state index in [-0.39, 0.29) is 12.6 Å². The smallest absolute Gasteiger partial charge is 0.321 e. The molecule has 4 aromatic rings. The first-order valence-electron chi connectivity index (χ1n) is 11.7. The van der Waals surface area contributed by atoms with Crippen molar-refractivity contribution in [3.05, 3.63) is 65.4 Å². The standard InChI is InChI=1S/C25H28N8O2/c1-17-18(2)28-22-7-6-20(15-21(17)22)32-27-16-23-29-24(33-10-13-34-14-11-33)31-25(30-23)35-12-8-19-5-3-4-9-26-19/h3-7,9,15,28H,8,10-14,16H2,1-2H3. The average molecular weight is 473 g/mol. The lowest BCUT2D eigenvalue weighted by atomic mass is 10.1. The molecule has 10 heteroatoms. The van der Waals surface area contributed by atoms with Crippen LogP contribution in [0.2, 0.25) is 0 Å². The van der Waals surface area contributed by atoms with E-state index < -0.39 is 0 Å². The van der Waals surface area contributed by atoms with Crippen molar-refractivity contribution in [3.63, 3.8) is 0 Å². The van der Waals surface area contributed by atoms with Gasteiger partial charge in [-0.2, -0.15) is 25.2 Å². The largest absolute Gasteiger partial charge is 0.463 e. The van der Waals surface area contributed by atoms with Crippen LogP contribution in [0.15, 0.2) is 52.8 Å². The van der Waals surface area contributed by atoms with E-state index in [1.54, 1.807) is 6.20 Å². The van der Waals surface area contributed by atoms with Crippen LogP contribution in [0.1, 0.15) is 22.8 Å². The molecule has 35 heavy (non-hydrogen) atoms. The fourth-order valence-corrected chi connectivity index (χ4v) is 3.91. The molecule has 1 aromatic carbocycles. The number of hydrogen-bond acceptors (Lipinski definition) is 9. The van der Waals surface area contributed by atoms with E-state index in [1.165, 1.54) is 5.56 Å². The summed E-state index contributed by atoms with van der Waals surface area (Å²) in [7, 11) is 0. The molecule has 0 amide bonds. The minimum absolute atomic E-state index is 0.222. The molecule has 1 aliphatic rings. The number of benzene rings is 1. The van der Waals surface area contributed by atoms with Crippen LogP contribution < -0.4 is 9.64 Å². The molecule has 0 radical (unpaired) electrons. The second-order valence-electron chi connectivity index (χ2n) is 8.36. The number of nitrogens with one attached hydrogen (secondary N) is 1. The zero-order chi connectivity index (χ0) is 24.0. The Labute approximate surface area is 203 Å². The molecule has 0 bridgehead atoms. The van der Waals surface area contributed by atoms with Gasteiger partial charge in [0.25, 0.3) is 0 Å². The number of azo groups is 1. The maximum Gasteiger partial charge on any atom is 0.321 e. The second kappa shape index (κ2) is 10.6. The molecule has 0 saturated carbocycles. The van der Waals surface area contributed by atoms with Crippen LogP contribution in [0.5, 0.6) is 6.01 Å². The number of aryl methyl sites for hydroxylation is 2. The third-order valence-electron chi connectivity index (χ3n) is 5.95. The Kier molecular flexibility index (Phi) is 6.89. The van der Waals surface area contributed by atoms with Crippen LogP contribution in [0.25, 0.3) is 10.9 Å². The van der Waals surface area contributed by atoms with Crippen molar-refractivity contribution in [2.75, 3.05) is 37.8 Å². The fraction of sp³-hybridized carbons (Fsp3) is 0.360. The fourth-order valence-electron chi connectivity index (χ4n) is 3.91. The van der Waals surface area contributed by atoms with Crippen molar-refractivity contribution in [1.82, 2.24) is 24.9 Å². The van der Waals surface area contributed by atoms with Crippen molar-refractivity contribution in [1.29, 1.82) is 0 Å². The predicted molar refractivity (Wildman–Crippen MR) is 132 cm³/mol. The van der Waals surface area contributed by atoms with Gasteiger partial charge in [-0.15, -0.1) is 0 Å². The lowest BCUT2D eigenvalue weighted by Gasteiger charge is -2.26. The summed E-state index contributed by atoms with van der Waals surface area (Å²) in [5, 5.41) is 9.92. The molecule has 1 fully saturated rings. The predicted octanol–water partition coefficient (Wildman–Crippen LogP) is 4.11. The van der Waals surface area contributed by atoms with Crippen LogP contribution in [0.3, 0.4) is 0 Å². The molecule has 0 unspecified atom stereocenters. The summed E-state index contributed by atoms with van der Waals surface area (Å²) in [6.07, 6.45) is 2.43. The highest BCUT2D eigenvalue weighted by atomic mass is 16.5. The molecule has 0 spiro atoms. The number of morpholine rings is 1. The lowest BCUT2D eigenvalue weighted by molar-refractivity contribution is 0.122. The lowest BCUT2D eigenvalue weighted by Crippen LogP contribution is -2.37. The number of H-pyrrole nitrogens is 1. The minimum atomic E-state index is 0.222. The molecule has 5 rings (SSSR count). The number of ether oxygens (including phenoxy) is 2. The summed E-state index contributed by atoms with van der Waals surface area (Å²) < 4.78 is 11.3. The first kappa shape index (κ1) is 22.9. The van der Waals surface area contributed by atoms with Crippen molar-refractivity contribution in [2.45, 2.75) is 26.8 Å². The maximum absolute atomic E-state index is 5.87. The Morgan fingerprint density at radius 3 is 2.80 bits per heavy atom. The van der Waals surface area contributed by atoms with Gasteiger partial charge in [-0.3, -0.25) is 4.98 Å². The Bertz CT molecular complexity index is 1320. The third-order valence-corrected chi connectivity index (χ3v) is 5.95. The Morgan fingerprint density at radius 2 is 1.97 bits per heavy atom. The van der Waals surface area contributed by atoms with Gasteiger partial charge in [-0.05, 0) is 49.7 Å². The Morgan fingerprint density at radius 1 is 1.09 bits per heavy atom. The zero-order valence-corrected chi connectivity index (χ0v) is 19.9. The monoisotopic (exact) mass is 472 g/mol. The molecular formula is C25H28N8O2. The van der Waals surface area contributed by atoms with Gasteiger partial charge in [0.05, 0.1) is 25.5 Å². The number of hydrogen-bond donors (Lipinski definition) is 1. The highest BCUT2D eigenvalue weighted by Gasteiger charge is 2.17. The number of pyridine rings is 1. The van der Waals surface area contributed by atoms with Crippen LogP contribution in [0, 0.1) is 13.8 Å². The van der Waals surface area contributed by atoms with Gasteiger partial charge in [-0.25, -0.2) is 0 Å². The summed E-state index contributed by atoms with van der Waals surface area (Å²) in [6, 6.07) is 12.1. The zero-order valence-electron chi connectivity index (χ0n) is 19.9. The average Bonchev–Trinajstić information content (AvgIpc) is 3.18. The number of fused-ring (bicyclic) bond motifs is 1. The molecule has 180 valence electrons. The topological polar surface area (TPSA) is 114 Å². The molecule has 1 aliphatic heterocycles. The highest BCUT2D eigenvalue weighted by Crippen LogP contribution is 2.26. The number of nitrogens with zero attached hydrogens (tertiary/aromatic N) is 7. The van der Waals surface area contributed by atoms with Gasteiger partial charge in [0, 0.05) is 48.0 Å². The SMILES string of the molecule is Cc1[nH]c2ccc(N=NCc3nc(OCCc4ccccn4)nc(N4CCOCC4)n3)cc2c1C. The van der Waals surface area contributed by atoms with Gasteiger partial charge in [0.15, 0.2) is 5.82 Å². The summed E-state index contributed by atoms with van der Waals surface area (Å²) in [4.78, 5) is 23.4. The van der Waals surface area contributed by atoms with E-state index in [9.17, 15) is 0 Å². The summed E-state index contributed by atoms with van der Waals surface area (Å²) in [5.74, 6) is 1.08. The van der Waals surface area contributed by atoms with Gasteiger partial charge in [-0.1, -0.05) is 6.07 Å². The first-order chi connectivity index (χ1) is 17.2. The second-order valence-corrected chi connectivity index (χ2v) is 8.36. The summed E-state index contributed by atoms with van der Waals surface area (Å²) in [5.41, 5.74) is 5.21.